The Balaban J connectivity index is 3.14. The van der Waals surface area contributed by atoms with E-state index in [0.29, 0.717) is 12.0 Å². The van der Waals surface area contributed by atoms with Gasteiger partial charge in [-0.15, -0.1) is 0 Å². The maximum absolute atomic E-state index is 12.8. The van der Waals surface area contributed by atoms with E-state index in [9.17, 15) is 18.0 Å². The highest BCUT2D eigenvalue weighted by atomic mass is 127. The number of ketones is 1. The molecule has 0 heterocycles. The highest BCUT2D eigenvalue weighted by Gasteiger charge is 2.40. The zero-order chi connectivity index (χ0) is 13.4. The Bertz CT molecular complexity index is 346. The van der Waals surface area contributed by atoms with Gasteiger partial charge in [0.05, 0.1) is 0 Å². The summed E-state index contributed by atoms with van der Waals surface area (Å²) in [6, 6.07) is 0. The molecule has 5 heteroatoms. The zero-order valence-corrected chi connectivity index (χ0v) is 12.2. The maximum Gasteiger partial charge on any atom is 0.413 e. The molecule has 17 heavy (non-hydrogen) atoms. The summed E-state index contributed by atoms with van der Waals surface area (Å²) in [4.78, 5) is 11.8. The van der Waals surface area contributed by atoms with Gasteiger partial charge in [0.1, 0.15) is 5.78 Å². The molecule has 0 saturated carbocycles. The molecule has 1 rings (SSSR count). The van der Waals surface area contributed by atoms with Gasteiger partial charge in [-0.3, -0.25) is 4.79 Å². The highest BCUT2D eigenvalue weighted by Crippen LogP contribution is 2.39. The molecule has 3 unspecified atom stereocenters. The molecule has 0 N–H and O–H groups in total. The molecule has 98 valence electrons. The normalized spacial score (nSPS) is 32.4. The lowest BCUT2D eigenvalue weighted by atomic mass is 9.81. The summed E-state index contributed by atoms with van der Waals surface area (Å²) < 4.78 is 38.5. The summed E-state index contributed by atoms with van der Waals surface area (Å²) in [5, 5.41) is 0. The predicted octanol–water partition coefficient (Wildman–Crippen LogP) is 4.30. The predicted molar refractivity (Wildman–Crippen MR) is 69.1 cm³/mol. The van der Waals surface area contributed by atoms with Crippen LogP contribution in [-0.4, -0.2) is 15.9 Å². The van der Waals surface area contributed by atoms with Gasteiger partial charge in [0.2, 0.25) is 0 Å². The molecule has 0 spiro atoms. The molecule has 3 atom stereocenters. The fourth-order valence-corrected chi connectivity index (χ4v) is 3.32. The number of halogens is 4. The number of hydrogen-bond acceptors (Lipinski definition) is 1. The van der Waals surface area contributed by atoms with E-state index in [4.69, 9.17) is 0 Å². The van der Waals surface area contributed by atoms with Crippen molar-refractivity contribution >= 4 is 28.4 Å². The lowest BCUT2D eigenvalue weighted by Gasteiger charge is -2.29. The summed E-state index contributed by atoms with van der Waals surface area (Å²) in [6.07, 6.45) is -4.44. The fourth-order valence-electron chi connectivity index (χ4n) is 2.04. The van der Waals surface area contributed by atoms with E-state index >= 15 is 0 Å². The second-order valence-electron chi connectivity index (χ2n) is 4.77. The fraction of sp³-hybridized carbons (Fsp3) is 0.750. The minimum absolute atomic E-state index is 0.0733. The van der Waals surface area contributed by atoms with Crippen molar-refractivity contribution in [2.75, 3.05) is 0 Å². The average molecular weight is 360 g/mol. The number of hydrogen-bond donors (Lipinski definition) is 0. The van der Waals surface area contributed by atoms with Gasteiger partial charge in [0.25, 0.3) is 0 Å². The van der Waals surface area contributed by atoms with Crippen molar-refractivity contribution < 1.29 is 18.0 Å². The number of carbonyl (C=O) groups is 1. The molecule has 0 aromatic rings. The second-order valence-corrected chi connectivity index (χ2v) is 6.37. The summed E-state index contributed by atoms with van der Waals surface area (Å²) in [7, 11) is 0. The van der Waals surface area contributed by atoms with Gasteiger partial charge in [0.15, 0.2) is 0 Å². The van der Waals surface area contributed by atoms with Gasteiger partial charge in [-0.25, -0.2) is 0 Å². The van der Waals surface area contributed by atoms with Crippen LogP contribution in [0.5, 0.6) is 0 Å². The largest absolute Gasteiger partial charge is 0.413 e. The topological polar surface area (TPSA) is 17.1 Å². The first kappa shape index (κ1) is 15.0. The molecule has 0 saturated heterocycles. The van der Waals surface area contributed by atoms with Crippen LogP contribution in [-0.2, 0) is 4.79 Å². The Hall–Kier alpha value is -0.0700. The van der Waals surface area contributed by atoms with Crippen LogP contribution in [0.1, 0.15) is 33.6 Å². The molecular weight excluding hydrogens is 344 g/mol. The van der Waals surface area contributed by atoms with Crippen LogP contribution in [0, 0.1) is 11.8 Å². The third-order valence-corrected chi connectivity index (χ3v) is 5.15. The van der Waals surface area contributed by atoms with Crippen LogP contribution in [0.15, 0.2) is 11.1 Å². The minimum atomic E-state index is -4.38. The number of allylic oxidation sites excluding steroid dienone is 2. The molecule has 0 bridgehead atoms. The van der Waals surface area contributed by atoms with Gasteiger partial charge < -0.3 is 0 Å². The maximum atomic E-state index is 12.8. The number of Topliss-reactive ketones (excluding diaryl/α,β-unsaturated/α-hetero) is 1. The zero-order valence-electron chi connectivity index (χ0n) is 10.1. The van der Waals surface area contributed by atoms with E-state index in [1.807, 2.05) is 6.92 Å². The Morgan fingerprint density at radius 3 is 2.29 bits per heavy atom. The molecule has 0 aromatic carbocycles. The third-order valence-electron chi connectivity index (χ3n) is 3.58. The van der Waals surface area contributed by atoms with Crippen molar-refractivity contribution in [3.05, 3.63) is 11.1 Å². The van der Waals surface area contributed by atoms with E-state index in [2.05, 4.69) is 22.6 Å². The van der Waals surface area contributed by atoms with Gasteiger partial charge in [0, 0.05) is 21.8 Å². The lowest BCUT2D eigenvalue weighted by molar-refractivity contribution is -0.127. The Morgan fingerprint density at radius 2 is 1.82 bits per heavy atom. The van der Waals surface area contributed by atoms with E-state index in [1.54, 1.807) is 6.92 Å². The molecule has 1 aliphatic carbocycles. The third kappa shape index (κ3) is 3.45. The summed E-state index contributed by atoms with van der Waals surface area (Å²) in [5.41, 5.74) is -0.327. The second kappa shape index (κ2) is 5.28. The molecule has 0 amide bonds. The highest BCUT2D eigenvalue weighted by molar-refractivity contribution is 14.1. The van der Waals surface area contributed by atoms with Gasteiger partial charge in [-0.1, -0.05) is 42.0 Å². The summed E-state index contributed by atoms with van der Waals surface area (Å²) in [5.74, 6) is -0.485. The lowest BCUT2D eigenvalue weighted by Crippen LogP contribution is -2.31. The molecular formula is C12H16F3IO. The standard InChI is InChI=1S/C12H16F3IO/c1-6-4-10(16)7(2)8(3)11(17)5-9(6)12(13,14)15/h7-8,10H,4-5H2,1-3H3. The first-order valence-corrected chi connectivity index (χ1v) is 6.81. The van der Waals surface area contributed by atoms with E-state index in [1.165, 1.54) is 6.92 Å². The molecule has 0 fully saturated rings. The molecule has 0 radical (unpaired) electrons. The van der Waals surface area contributed by atoms with Gasteiger partial charge >= 0.3 is 6.18 Å². The van der Waals surface area contributed by atoms with Crippen LogP contribution in [0.3, 0.4) is 0 Å². The SMILES string of the molecule is CC1=C(C(F)(F)F)CC(=O)C(C)C(C)C(I)C1. The molecule has 0 aliphatic heterocycles. The smallest absolute Gasteiger partial charge is 0.299 e. The van der Waals surface area contributed by atoms with E-state index in [-0.39, 0.29) is 21.5 Å². The Morgan fingerprint density at radius 1 is 1.29 bits per heavy atom. The van der Waals surface area contributed by atoms with Crippen LogP contribution in [0.25, 0.3) is 0 Å². The first-order chi connectivity index (χ1) is 7.64. The van der Waals surface area contributed by atoms with Crippen molar-refractivity contribution in [1.82, 2.24) is 0 Å². The Kier molecular flexibility index (Phi) is 4.66. The van der Waals surface area contributed by atoms with Crippen LogP contribution >= 0.6 is 22.6 Å². The monoisotopic (exact) mass is 360 g/mol. The summed E-state index contributed by atoms with van der Waals surface area (Å²) in [6.45, 7) is 5.16. The van der Waals surface area contributed by atoms with Crippen molar-refractivity contribution in [3.63, 3.8) is 0 Å². The average Bonchev–Trinajstić information content (AvgIpc) is 2.20. The van der Waals surface area contributed by atoms with Gasteiger partial charge in [-0.2, -0.15) is 13.2 Å². The van der Waals surface area contributed by atoms with Crippen LogP contribution < -0.4 is 0 Å². The van der Waals surface area contributed by atoms with Crippen LogP contribution in [0.4, 0.5) is 13.2 Å². The molecule has 1 aliphatic rings. The van der Waals surface area contributed by atoms with Crippen molar-refractivity contribution in [2.45, 2.75) is 43.7 Å². The quantitative estimate of drug-likeness (QED) is 0.358. The Labute approximate surface area is 113 Å². The van der Waals surface area contributed by atoms with Crippen LogP contribution in [0.2, 0.25) is 0 Å². The van der Waals surface area contributed by atoms with Crippen molar-refractivity contribution in [3.8, 4) is 0 Å². The number of alkyl halides is 4. The van der Waals surface area contributed by atoms with Gasteiger partial charge in [-0.05, 0) is 19.3 Å². The van der Waals surface area contributed by atoms with Crippen molar-refractivity contribution in [2.24, 2.45) is 11.8 Å². The van der Waals surface area contributed by atoms with E-state index < -0.39 is 18.2 Å². The molecule has 0 aromatic heterocycles. The minimum Gasteiger partial charge on any atom is -0.299 e. The van der Waals surface area contributed by atoms with Crippen molar-refractivity contribution in [1.29, 1.82) is 0 Å². The molecule has 1 nitrogen and oxygen atoms in total. The van der Waals surface area contributed by atoms with E-state index in [0.717, 1.165) is 0 Å². The first-order valence-electron chi connectivity index (χ1n) is 5.57. The number of rotatable bonds is 0. The number of carbonyl (C=O) groups excluding carboxylic acids is 1. The summed E-state index contributed by atoms with van der Waals surface area (Å²) >= 11 is 2.15.